The summed E-state index contributed by atoms with van der Waals surface area (Å²) < 4.78 is 0. The number of nitrogens with one attached hydrogen (secondary N) is 1. The van der Waals surface area contributed by atoms with Gasteiger partial charge in [0.1, 0.15) is 6.04 Å². The molecule has 3 atom stereocenters. The highest BCUT2D eigenvalue weighted by Crippen LogP contribution is 2.14. The summed E-state index contributed by atoms with van der Waals surface area (Å²) in [5.74, 6) is -1.05. The monoisotopic (exact) mass is 201 g/mol. The molecule has 0 radical (unpaired) electrons. The van der Waals surface area contributed by atoms with E-state index in [0.717, 1.165) is 6.42 Å². The molecule has 82 valence electrons. The van der Waals surface area contributed by atoms with Gasteiger partial charge in [-0.05, 0) is 12.8 Å². The number of hydrogen-bond acceptors (Lipinski definition) is 2. The van der Waals surface area contributed by atoms with Gasteiger partial charge in [-0.1, -0.05) is 27.2 Å². The summed E-state index contributed by atoms with van der Waals surface area (Å²) in [6, 6.07) is -0.811. The second-order valence-electron chi connectivity index (χ2n) is 3.74. The first-order valence-electron chi connectivity index (χ1n) is 4.93. The van der Waals surface area contributed by atoms with Crippen LogP contribution in [0, 0.1) is 11.8 Å². The summed E-state index contributed by atoms with van der Waals surface area (Å²) in [5, 5.41) is 11.0. The molecule has 0 rings (SSSR count). The predicted molar refractivity (Wildman–Crippen MR) is 53.9 cm³/mol. The molecule has 0 aromatic carbocycles. The van der Waals surface area contributed by atoms with E-state index >= 15 is 0 Å². The molecule has 0 spiro atoms. The second kappa shape index (κ2) is 5.62. The highest BCUT2D eigenvalue weighted by molar-refractivity contribution is 5.84. The van der Waals surface area contributed by atoms with Crippen molar-refractivity contribution in [2.75, 3.05) is 0 Å². The van der Waals surface area contributed by atoms with Crippen molar-refractivity contribution in [2.45, 2.75) is 40.2 Å². The van der Waals surface area contributed by atoms with Crippen LogP contribution < -0.4 is 5.32 Å². The van der Waals surface area contributed by atoms with Gasteiger partial charge in [0.25, 0.3) is 0 Å². The molecule has 0 heterocycles. The largest absolute Gasteiger partial charge is 0.480 e. The Labute approximate surface area is 84.7 Å². The van der Waals surface area contributed by atoms with Crippen molar-refractivity contribution in [1.82, 2.24) is 5.32 Å². The van der Waals surface area contributed by atoms with E-state index in [1.54, 1.807) is 0 Å². The Hall–Kier alpha value is -1.06. The van der Waals surface area contributed by atoms with E-state index in [1.807, 2.05) is 20.8 Å². The Balaban J connectivity index is 4.14. The Kier molecular flexibility index (Phi) is 5.20. The number of carbonyl (C=O) groups is 2. The summed E-state index contributed by atoms with van der Waals surface area (Å²) in [6.07, 6.45) is 0.913. The summed E-state index contributed by atoms with van der Waals surface area (Å²) in [7, 11) is 0. The maximum Gasteiger partial charge on any atom is 0.325 e. The summed E-state index contributed by atoms with van der Waals surface area (Å²) >= 11 is 0. The lowest BCUT2D eigenvalue weighted by atomic mass is 9.93. The first-order valence-corrected chi connectivity index (χ1v) is 4.93. The maximum absolute atomic E-state index is 11.5. The second-order valence-corrected chi connectivity index (χ2v) is 3.74. The Bertz CT molecular complexity index is 215. The van der Waals surface area contributed by atoms with E-state index in [4.69, 9.17) is 5.11 Å². The minimum Gasteiger partial charge on any atom is -0.480 e. The number of aliphatic carboxylic acids is 1. The van der Waals surface area contributed by atoms with E-state index in [2.05, 4.69) is 5.32 Å². The number of carboxylic acid groups (broad SMARTS) is 1. The van der Waals surface area contributed by atoms with Crippen LogP contribution in [-0.2, 0) is 9.59 Å². The molecular formula is C10H19NO3. The molecule has 4 nitrogen and oxygen atoms in total. The molecule has 0 aliphatic heterocycles. The van der Waals surface area contributed by atoms with Gasteiger partial charge in [0.05, 0.1) is 0 Å². The fraction of sp³-hybridized carbons (Fsp3) is 0.800. The van der Waals surface area contributed by atoms with Crippen molar-refractivity contribution in [3.63, 3.8) is 0 Å². The van der Waals surface area contributed by atoms with Gasteiger partial charge in [0, 0.05) is 5.92 Å². The van der Waals surface area contributed by atoms with Crippen molar-refractivity contribution in [1.29, 1.82) is 0 Å². The Morgan fingerprint density at radius 2 is 1.79 bits per heavy atom. The van der Waals surface area contributed by atoms with E-state index < -0.39 is 12.0 Å². The van der Waals surface area contributed by atoms with Crippen molar-refractivity contribution in [2.24, 2.45) is 11.8 Å². The lowest BCUT2D eigenvalue weighted by Gasteiger charge is -2.19. The average Bonchev–Trinajstić information content (AvgIpc) is 2.14. The number of amides is 1. The van der Waals surface area contributed by atoms with Crippen LogP contribution in [0.2, 0.25) is 0 Å². The van der Waals surface area contributed by atoms with Gasteiger partial charge in [-0.2, -0.15) is 0 Å². The first-order chi connectivity index (χ1) is 6.40. The third-order valence-electron chi connectivity index (χ3n) is 2.64. The van der Waals surface area contributed by atoms with Crippen molar-refractivity contribution in [3.05, 3.63) is 0 Å². The van der Waals surface area contributed by atoms with Crippen LogP contribution in [0.25, 0.3) is 0 Å². The summed E-state index contributed by atoms with van der Waals surface area (Å²) in [4.78, 5) is 22.0. The Morgan fingerprint density at radius 3 is 2.14 bits per heavy atom. The summed E-state index contributed by atoms with van der Waals surface area (Å²) in [6.45, 7) is 7.27. The van der Waals surface area contributed by atoms with Gasteiger partial charge in [-0.3, -0.25) is 9.59 Å². The van der Waals surface area contributed by atoms with Crippen LogP contribution in [0.5, 0.6) is 0 Å². The van der Waals surface area contributed by atoms with Crippen molar-refractivity contribution >= 4 is 11.9 Å². The van der Waals surface area contributed by atoms with E-state index in [1.165, 1.54) is 6.92 Å². The zero-order chi connectivity index (χ0) is 11.3. The molecule has 0 aromatic heterocycles. The molecule has 1 amide bonds. The zero-order valence-corrected chi connectivity index (χ0v) is 9.20. The SMILES string of the molecule is CCC(C)C(C)C(=O)NC(C)C(=O)O. The lowest BCUT2D eigenvalue weighted by Crippen LogP contribution is -2.42. The normalized spacial score (nSPS) is 16.9. The van der Waals surface area contributed by atoms with Gasteiger partial charge >= 0.3 is 5.97 Å². The van der Waals surface area contributed by atoms with Crippen molar-refractivity contribution < 1.29 is 14.7 Å². The smallest absolute Gasteiger partial charge is 0.325 e. The number of carboxylic acids is 1. The number of carbonyl (C=O) groups excluding carboxylic acids is 1. The molecule has 0 aliphatic carbocycles. The molecule has 0 aliphatic rings. The molecule has 0 bridgehead atoms. The maximum atomic E-state index is 11.5. The van der Waals surface area contributed by atoms with Gasteiger partial charge in [0.2, 0.25) is 5.91 Å². The molecule has 3 unspecified atom stereocenters. The number of rotatable bonds is 5. The lowest BCUT2D eigenvalue weighted by molar-refractivity contribution is -0.142. The third-order valence-corrected chi connectivity index (χ3v) is 2.64. The molecule has 14 heavy (non-hydrogen) atoms. The number of hydrogen-bond donors (Lipinski definition) is 2. The Morgan fingerprint density at radius 1 is 1.29 bits per heavy atom. The van der Waals surface area contributed by atoms with Crippen LogP contribution in [0.4, 0.5) is 0 Å². The third kappa shape index (κ3) is 3.77. The quantitative estimate of drug-likeness (QED) is 0.703. The van der Waals surface area contributed by atoms with E-state index in [-0.39, 0.29) is 17.7 Å². The summed E-state index contributed by atoms with van der Waals surface area (Å²) in [5.41, 5.74) is 0. The minimum absolute atomic E-state index is 0.137. The molecular weight excluding hydrogens is 182 g/mol. The van der Waals surface area contributed by atoms with Crippen LogP contribution in [0.3, 0.4) is 0 Å². The molecule has 2 N–H and O–H groups in total. The van der Waals surface area contributed by atoms with E-state index in [9.17, 15) is 9.59 Å². The topological polar surface area (TPSA) is 66.4 Å². The predicted octanol–water partition coefficient (Wildman–Crippen LogP) is 1.26. The van der Waals surface area contributed by atoms with Gasteiger partial charge in [-0.15, -0.1) is 0 Å². The van der Waals surface area contributed by atoms with Gasteiger partial charge in [0.15, 0.2) is 0 Å². The highest BCUT2D eigenvalue weighted by atomic mass is 16.4. The minimum atomic E-state index is -1.00. The molecule has 0 fully saturated rings. The molecule has 0 saturated heterocycles. The molecule has 0 saturated carbocycles. The standard InChI is InChI=1S/C10H19NO3/c1-5-6(2)7(3)9(12)11-8(4)10(13)14/h6-8H,5H2,1-4H3,(H,11,12)(H,13,14). The van der Waals surface area contributed by atoms with Crippen molar-refractivity contribution in [3.8, 4) is 0 Å². The van der Waals surface area contributed by atoms with Crippen LogP contribution in [0.1, 0.15) is 34.1 Å². The zero-order valence-electron chi connectivity index (χ0n) is 9.20. The fourth-order valence-corrected chi connectivity index (χ4v) is 1.02. The van der Waals surface area contributed by atoms with Gasteiger partial charge < -0.3 is 10.4 Å². The van der Waals surface area contributed by atoms with E-state index in [0.29, 0.717) is 0 Å². The van der Waals surface area contributed by atoms with Crippen LogP contribution in [0.15, 0.2) is 0 Å². The first kappa shape index (κ1) is 12.9. The molecule has 4 heteroatoms. The van der Waals surface area contributed by atoms with Crippen LogP contribution in [-0.4, -0.2) is 23.0 Å². The highest BCUT2D eigenvalue weighted by Gasteiger charge is 2.22. The van der Waals surface area contributed by atoms with Gasteiger partial charge in [-0.25, -0.2) is 0 Å². The average molecular weight is 201 g/mol. The van der Waals surface area contributed by atoms with Crippen LogP contribution >= 0.6 is 0 Å². The molecule has 0 aromatic rings. The fourth-order valence-electron chi connectivity index (χ4n) is 1.02.